The number of carbonyl (C=O) groups excluding carboxylic acids is 2. The Kier molecular flexibility index (Phi) is 7.60. The van der Waals surface area contributed by atoms with Gasteiger partial charge < -0.3 is 19.3 Å². The van der Waals surface area contributed by atoms with Crippen LogP contribution in [0, 0.1) is 0 Å². The van der Waals surface area contributed by atoms with Gasteiger partial charge in [0, 0.05) is 12.0 Å². The lowest BCUT2D eigenvalue weighted by Crippen LogP contribution is -2.29. The molecule has 0 bridgehead atoms. The molecule has 42 heavy (non-hydrogen) atoms. The Morgan fingerprint density at radius 2 is 1.83 bits per heavy atom. The van der Waals surface area contributed by atoms with Crippen LogP contribution in [0.25, 0.3) is 16.0 Å². The number of rotatable bonds is 9. The van der Waals surface area contributed by atoms with Gasteiger partial charge in [-0.3, -0.25) is 14.5 Å². The van der Waals surface area contributed by atoms with Gasteiger partial charge in [0.2, 0.25) is 0 Å². The summed E-state index contributed by atoms with van der Waals surface area (Å²) >= 11 is 1.30. The Morgan fingerprint density at radius 1 is 1.05 bits per heavy atom. The van der Waals surface area contributed by atoms with Crippen molar-refractivity contribution >= 4 is 44.1 Å². The minimum Gasteiger partial charge on any atom is -0.507 e. The molecule has 2 aliphatic heterocycles. The summed E-state index contributed by atoms with van der Waals surface area (Å²) in [6.45, 7) is 7.12. The van der Waals surface area contributed by atoms with Crippen molar-refractivity contribution in [3.05, 3.63) is 82.9 Å². The second kappa shape index (κ2) is 11.5. The van der Waals surface area contributed by atoms with Gasteiger partial charge in [-0.2, -0.15) is 0 Å². The van der Waals surface area contributed by atoms with Gasteiger partial charge in [0.25, 0.3) is 5.78 Å². The molecular formula is C33H32N2O6S. The fraction of sp³-hybridized carbons (Fsp3) is 0.303. The third kappa shape index (κ3) is 5.09. The first kappa shape index (κ1) is 27.8. The van der Waals surface area contributed by atoms with Gasteiger partial charge in [0.1, 0.15) is 29.1 Å². The lowest BCUT2D eigenvalue weighted by atomic mass is 9.94. The number of aromatic nitrogens is 1. The number of aliphatic hydroxyl groups excluding tert-OH is 1. The zero-order valence-electron chi connectivity index (χ0n) is 23.8. The maximum Gasteiger partial charge on any atom is 0.301 e. The van der Waals surface area contributed by atoms with Crippen molar-refractivity contribution in [1.82, 2.24) is 4.98 Å². The monoisotopic (exact) mass is 584 g/mol. The van der Waals surface area contributed by atoms with Crippen LogP contribution >= 0.6 is 11.3 Å². The number of hydrogen-bond donors (Lipinski definition) is 1. The van der Waals surface area contributed by atoms with E-state index in [2.05, 4.69) is 6.92 Å². The lowest BCUT2D eigenvalue weighted by Gasteiger charge is -2.23. The van der Waals surface area contributed by atoms with Crippen LogP contribution in [-0.4, -0.2) is 41.1 Å². The zero-order chi connectivity index (χ0) is 29.4. The summed E-state index contributed by atoms with van der Waals surface area (Å²) in [4.78, 5) is 33.5. The van der Waals surface area contributed by atoms with Crippen molar-refractivity contribution in [2.75, 3.05) is 18.1 Å². The molecule has 216 valence electrons. The van der Waals surface area contributed by atoms with Crippen molar-refractivity contribution in [1.29, 1.82) is 0 Å². The van der Waals surface area contributed by atoms with Crippen LogP contribution in [0.15, 0.2) is 66.2 Å². The summed E-state index contributed by atoms with van der Waals surface area (Å²) in [5.74, 6) is 0.418. The second-order valence-corrected chi connectivity index (χ2v) is 11.5. The maximum absolute atomic E-state index is 13.7. The van der Waals surface area contributed by atoms with Gasteiger partial charge in [0.05, 0.1) is 35.0 Å². The largest absolute Gasteiger partial charge is 0.507 e. The summed E-state index contributed by atoms with van der Waals surface area (Å²) in [5, 5.41) is 12.0. The fourth-order valence-electron chi connectivity index (χ4n) is 5.40. The topological polar surface area (TPSA) is 98.2 Å². The third-order valence-electron chi connectivity index (χ3n) is 7.44. The minimum atomic E-state index is -0.884. The molecule has 2 aliphatic rings. The summed E-state index contributed by atoms with van der Waals surface area (Å²) < 4.78 is 18.1. The van der Waals surface area contributed by atoms with E-state index in [9.17, 15) is 14.7 Å². The first-order valence-electron chi connectivity index (χ1n) is 14.2. The molecule has 1 saturated heterocycles. The molecule has 4 aromatic rings. The van der Waals surface area contributed by atoms with Crippen molar-refractivity contribution in [2.24, 2.45) is 0 Å². The second-order valence-electron chi connectivity index (χ2n) is 10.5. The predicted molar refractivity (Wildman–Crippen MR) is 163 cm³/mol. The molecule has 3 heterocycles. The van der Waals surface area contributed by atoms with Crippen LogP contribution in [0.3, 0.4) is 0 Å². The molecule has 0 saturated carbocycles. The molecule has 0 spiro atoms. The number of amides is 1. The molecule has 1 fully saturated rings. The number of thiazole rings is 1. The number of aliphatic hydroxyl groups is 1. The van der Waals surface area contributed by atoms with Gasteiger partial charge in [-0.05, 0) is 79.9 Å². The van der Waals surface area contributed by atoms with E-state index in [1.54, 1.807) is 12.1 Å². The number of Topliss-reactive ketones (excluding diaryl/α,β-unsaturated/α-hetero) is 1. The quantitative estimate of drug-likeness (QED) is 0.0997. The van der Waals surface area contributed by atoms with Crippen LogP contribution in [-0.2, 0) is 16.0 Å². The third-order valence-corrected chi connectivity index (χ3v) is 8.46. The highest BCUT2D eigenvalue weighted by Crippen LogP contribution is 2.45. The lowest BCUT2D eigenvalue weighted by molar-refractivity contribution is -0.132. The van der Waals surface area contributed by atoms with Crippen molar-refractivity contribution in [3.63, 3.8) is 0 Å². The van der Waals surface area contributed by atoms with Crippen LogP contribution in [0.4, 0.5) is 5.13 Å². The number of anilines is 1. The number of hydrogen-bond acceptors (Lipinski definition) is 8. The molecule has 1 N–H and O–H groups in total. The maximum atomic E-state index is 13.7. The van der Waals surface area contributed by atoms with Gasteiger partial charge in [-0.1, -0.05) is 36.8 Å². The van der Waals surface area contributed by atoms with E-state index >= 15 is 0 Å². The Labute approximate surface area is 248 Å². The van der Waals surface area contributed by atoms with Gasteiger partial charge >= 0.3 is 5.91 Å². The SMILES string of the molecule is CCCCOc1ccc(C2/C(=C(\O)c3ccc4c(c3)CC(C)O4)C(=O)C(=O)N2c2nc3ccc(OCC)cc3s2)cc1. The molecule has 1 amide bonds. The summed E-state index contributed by atoms with van der Waals surface area (Å²) in [7, 11) is 0. The van der Waals surface area contributed by atoms with E-state index in [4.69, 9.17) is 19.2 Å². The average Bonchev–Trinajstić information content (AvgIpc) is 3.65. The molecule has 9 heteroatoms. The van der Waals surface area contributed by atoms with E-state index in [0.717, 1.165) is 28.9 Å². The molecule has 2 atom stereocenters. The van der Waals surface area contributed by atoms with E-state index in [-0.39, 0.29) is 17.4 Å². The Bertz CT molecular complexity index is 1690. The number of ether oxygens (including phenoxy) is 3. The van der Waals surface area contributed by atoms with Gasteiger partial charge in [0.15, 0.2) is 5.13 Å². The van der Waals surface area contributed by atoms with Gasteiger partial charge in [-0.15, -0.1) is 0 Å². The summed E-state index contributed by atoms with van der Waals surface area (Å²) in [5.41, 5.74) is 2.76. The molecule has 0 aliphatic carbocycles. The summed E-state index contributed by atoms with van der Waals surface area (Å²) in [6, 6.07) is 17.3. The molecule has 1 aromatic heterocycles. The molecule has 6 rings (SSSR count). The van der Waals surface area contributed by atoms with E-state index in [0.29, 0.717) is 52.9 Å². The molecule has 2 unspecified atom stereocenters. The van der Waals surface area contributed by atoms with Gasteiger partial charge in [-0.25, -0.2) is 4.98 Å². The Morgan fingerprint density at radius 3 is 2.60 bits per heavy atom. The number of carbonyl (C=O) groups is 2. The molecule has 8 nitrogen and oxygen atoms in total. The van der Waals surface area contributed by atoms with Crippen molar-refractivity contribution in [3.8, 4) is 17.2 Å². The number of benzene rings is 3. The zero-order valence-corrected chi connectivity index (χ0v) is 24.6. The normalized spacial score (nSPS) is 19.3. The fourth-order valence-corrected chi connectivity index (χ4v) is 6.42. The highest BCUT2D eigenvalue weighted by atomic mass is 32.1. The smallest absolute Gasteiger partial charge is 0.301 e. The highest BCUT2D eigenvalue weighted by molar-refractivity contribution is 7.22. The van der Waals surface area contributed by atoms with E-state index in [1.807, 2.05) is 62.4 Å². The van der Waals surface area contributed by atoms with E-state index < -0.39 is 17.7 Å². The van der Waals surface area contributed by atoms with Crippen molar-refractivity contribution in [2.45, 2.75) is 52.2 Å². The summed E-state index contributed by atoms with van der Waals surface area (Å²) in [6.07, 6.45) is 2.69. The average molecular weight is 585 g/mol. The highest BCUT2D eigenvalue weighted by Gasteiger charge is 2.48. The number of ketones is 1. The first-order chi connectivity index (χ1) is 20.4. The number of unbranched alkanes of at least 4 members (excludes halogenated alkanes) is 1. The molecule has 3 aromatic carbocycles. The first-order valence-corrected chi connectivity index (χ1v) is 15.1. The minimum absolute atomic E-state index is 0.0147. The predicted octanol–water partition coefficient (Wildman–Crippen LogP) is 6.82. The van der Waals surface area contributed by atoms with E-state index in [1.165, 1.54) is 16.2 Å². The number of fused-ring (bicyclic) bond motifs is 2. The molecular weight excluding hydrogens is 552 g/mol. The van der Waals surface area contributed by atoms with Crippen LogP contribution in [0.1, 0.15) is 56.3 Å². The van der Waals surface area contributed by atoms with Crippen LogP contribution < -0.4 is 19.1 Å². The Hall–Kier alpha value is -4.37. The van der Waals surface area contributed by atoms with Crippen LogP contribution in [0.2, 0.25) is 0 Å². The molecule has 0 radical (unpaired) electrons. The standard InChI is InChI=1S/C33H32N2O6S/c1-4-6-15-40-23-10-7-20(8-11-23)29-28(30(36)21-9-14-26-22(17-21)16-19(3)41-26)31(37)32(38)35(29)33-34-25-13-12-24(39-5-2)18-27(25)42-33/h7-14,17-19,29,36H,4-6,15-16H2,1-3H3/b30-28+. The van der Waals surface area contributed by atoms with Crippen molar-refractivity contribution < 1.29 is 28.9 Å². The number of nitrogens with zero attached hydrogens (tertiary/aromatic N) is 2. The Balaban J connectivity index is 1.46. The van der Waals surface area contributed by atoms with Crippen LogP contribution in [0.5, 0.6) is 17.2 Å².